The fraction of sp³-hybridized carbons (Fsp3) is 0.304. The lowest BCUT2D eigenvalue weighted by Gasteiger charge is -2.18. The molecule has 1 atom stereocenters. The van der Waals surface area contributed by atoms with Crippen molar-refractivity contribution in [3.63, 3.8) is 0 Å². The van der Waals surface area contributed by atoms with E-state index < -0.39 is 0 Å². The maximum absolute atomic E-state index is 12.8. The summed E-state index contributed by atoms with van der Waals surface area (Å²) in [6, 6.07) is 9.27. The highest BCUT2D eigenvalue weighted by Gasteiger charge is 2.22. The molecule has 0 aliphatic heterocycles. The van der Waals surface area contributed by atoms with Gasteiger partial charge in [0.2, 0.25) is 5.91 Å². The quantitative estimate of drug-likeness (QED) is 0.290. The van der Waals surface area contributed by atoms with Gasteiger partial charge in [-0.3, -0.25) is 19.4 Å². The molecular formula is C23H28N4O4. The molecule has 1 amide bonds. The second-order valence-corrected chi connectivity index (χ2v) is 6.96. The Labute approximate surface area is 181 Å². The van der Waals surface area contributed by atoms with Gasteiger partial charge < -0.3 is 20.3 Å². The van der Waals surface area contributed by atoms with Crippen molar-refractivity contribution in [1.82, 2.24) is 14.9 Å². The number of rotatable bonds is 8. The van der Waals surface area contributed by atoms with Crippen molar-refractivity contribution in [2.75, 3.05) is 18.4 Å². The Hall–Kier alpha value is -3.68. The summed E-state index contributed by atoms with van der Waals surface area (Å²) in [5.74, 6) is -0.0475. The molecular weight excluding hydrogens is 396 g/mol. The van der Waals surface area contributed by atoms with E-state index in [1.807, 2.05) is 48.7 Å². The molecule has 0 fully saturated rings. The lowest BCUT2D eigenvalue weighted by atomic mass is 10.1. The van der Waals surface area contributed by atoms with Crippen LogP contribution in [0.3, 0.4) is 0 Å². The average Bonchev–Trinajstić information content (AvgIpc) is 3.13. The minimum absolute atomic E-state index is 0.00197. The summed E-state index contributed by atoms with van der Waals surface area (Å²) >= 11 is 0. The first-order valence-electron chi connectivity index (χ1n) is 10.0. The van der Waals surface area contributed by atoms with Gasteiger partial charge in [-0.2, -0.15) is 0 Å². The summed E-state index contributed by atoms with van der Waals surface area (Å²) in [6.45, 7) is 6.41. The average molecular weight is 425 g/mol. The molecule has 1 aromatic carbocycles. The van der Waals surface area contributed by atoms with Gasteiger partial charge in [0.1, 0.15) is 6.04 Å². The number of pyridine rings is 1. The second kappa shape index (κ2) is 11.5. The molecule has 3 N–H and O–H groups in total. The molecule has 3 aromatic rings. The molecule has 8 nitrogen and oxygen atoms in total. The summed E-state index contributed by atoms with van der Waals surface area (Å²) in [4.78, 5) is 37.3. The molecule has 0 radical (unpaired) electrons. The number of carboxylic acid groups (broad SMARTS) is 1. The van der Waals surface area contributed by atoms with E-state index in [4.69, 9.17) is 9.90 Å². The number of anilines is 1. The number of hydrogen-bond donors (Lipinski definition) is 3. The second-order valence-electron chi connectivity index (χ2n) is 6.96. The highest BCUT2D eigenvalue weighted by atomic mass is 16.3. The number of nitrogens with zero attached hydrogens (tertiary/aromatic N) is 2. The molecule has 2 aromatic heterocycles. The number of nitrogens with one attached hydrogen (secondary N) is 2. The Bertz CT molecular complexity index is 1040. The number of carbonyl (C=O) groups is 3. The largest absolute Gasteiger partial charge is 0.483 e. The summed E-state index contributed by atoms with van der Waals surface area (Å²) in [5, 5.41) is 14.1. The third-order valence-corrected chi connectivity index (χ3v) is 4.90. The number of benzene rings is 1. The molecule has 8 heteroatoms. The third kappa shape index (κ3) is 5.91. The third-order valence-electron chi connectivity index (χ3n) is 4.90. The fourth-order valence-electron chi connectivity index (χ4n) is 3.42. The van der Waals surface area contributed by atoms with Crippen LogP contribution in [0.1, 0.15) is 42.2 Å². The summed E-state index contributed by atoms with van der Waals surface area (Å²) < 4.78 is 1.92. The Morgan fingerprint density at radius 2 is 1.94 bits per heavy atom. The smallest absolute Gasteiger partial charge is 0.290 e. The van der Waals surface area contributed by atoms with Crippen molar-refractivity contribution in [3.8, 4) is 0 Å². The van der Waals surface area contributed by atoms with Gasteiger partial charge in [0.15, 0.2) is 5.78 Å². The molecule has 2 heterocycles. The van der Waals surface area contributed by atoms with Gasteiger partial charge in [-0.25, -0.2) is 0 Å². The number of aryl methyl sites for hydroxylation is 1. The van der Waals surface area contributed by atoms with Crippen LogP contribution in [-0.2, 0) is 9.59 Å². The van der Waals surface area contributed by atoms with Crippen molar-refractivity contribution in [2.45, 2.75) is 33.2 Å². The zero-order valence-corrected chi connectivity index (χ0v) is 18.0. The molecule has 3 rings (SSSR count). The van der Waals surface area contributed by atoms with E-state index in [1.165, 1.54) is 0 Å². The highest BCUT2D eigenvalue weighted by Crippen LogP contribution is 2.26. The first kappa shape index (κ1) is 23.6. The van der Waals surface area contributed by atoms with Crippen molar-refractivity contribution < 1.29 is 19.5 Å². The fourth-order valence-corrected chi connectivity index (χ4v) is 3.42. The lowest BCUT2D eigenvalue weighted by molar-refractivity contribution is -0.124. The van der Waals surface area contributed by atoms with Gasteiger partial charge in [-0.15, -0.1) is 0 Å². The molecule has 164 valence electrons. The van der Waals surface area contributed by atoms with E-state index in [2.05, 4.69) is 15.6 Å². The van der Waals surface area contributed by atoms with Gasteiger partial charge in [-0.1, -0.05) is 25.1 Å². The van der Waals surface area contributed by atoms with Gasteiger partial charge in [0.05, 0.1) is 0 Å². The minimum atomic E-state index is -0.360. The lowest BCUT2D eigenvalue weighted by Crippen LogP contribution is -2.35. The summed E-state index contributed by atoms with van der Waals surface area (Å²) in [6.07, 6.45) is 5.99. The van der Waals surface area contributed by atoms with Gasteiger partial charge in [0, 0.05) is 53.8 Å². The minimum Gasteiger partial charge on any atom is -0.483 e. The van der Waals surface area contributed by atoms with E-state index in [9.17, 15) is 9.59 Å². The van der Waals surface area contributed by atoms with Crippen LogP contribution in [0.5, 0.6) is 0 Å². The molecule has 1 unspecified atom stereocenters. The number of amides is 1. The standard InChI is InChI=1S/C22H26N4O2.CH2O2/c1-4-20(22(28)25-12-11-24-19-9-10-23-13-15(19)2)26-14-18(16(3)27)17-7-5-6-8-21(17)26;2-1-3/h5-10,13-14,20H,4,11-12H2,1-3H3,(H,23,24)(H,25,28);1H,(H,2,3). The van der Waals surface area contributed by atoms with Gasteiger partial charge in [0.25, 0.3) is 6.47 Å². The van der Waals surface area contributed by atoms with E-state index in [0.717, 1.165) is 22.2 Å². The molecule has 0 spiro atoms. The van der Waals surface area contributed by atoms with Crippen LogP contribution < -0.4 is 10.6 Å². The van der Waals surface area contributed by atoms with Crippen molar-refractivity contribution in [3.05, 3.63) is 60.0 Å². The first-order valence-corrected chi connectivity index (χ1v) is 10.0. The van der Waals surface area contributed by atoms with E-state index in [0.29, 0.717) is 25.1 Å². The number of para-hydroxylation sites is 1. The first-order chi connectivity index (χ1) is 14.9. The molecule has 0 bridgehead atoms. The maximum Gasteiger partial charge on any atom is 0.290 e. The normalized spacial score (nSPS) is 11.2. The van der Waals surface area contributed by atoms with Gasteiger partial charge >= 0.3 is 0 Å². The van der Waals surface area contributed by atoms with Crippen LogP contribution in [0, 0.1) is 6.92 Å². The van der Waals surface area contributed by atoms with Gasteiger partial charge in [-0.05, 0) is 38.0 Å². The summed E-state index contributed by atoms with van der Waals surface area (Å²) in [7, 11) is 0. The van der Waals surface area contributed by atoms with E-state index in [-0.39, 0.29) is 24.2 Å². The molecule has 31 heavy (non-hydrogen) atoms. The van der Waals surface area contributed by atoms with Crippen LogP contribution >= 0.6 is 0 Å². The number of hydrogen-bond acceptors (Lipinski definition) is 5. The number of ketones is 1. The number of aromatic nitrogens is 2. The van der Waals surface area contributed by atoms with E-state index >= 15 is 0 Å². The monoisotopic (exact) mass is 424 g/mol. The Morgan fingerprint density at radius 3 is 2.58 bits per heavy atom. The SMILES string of the molecule is CCC(C(=O)NCCNc1ccncc1C)n1cc(C(C)=O)c2ccccc21.O=CO. The molecule has 0 saturated carbocycles. The number of Topliss-reactive ketones (excluding diaryl/α,β-unsaturated/α-hetero) is 1. The predicted molar refractivity (Wildman–Crippen MR) is 120 cm³/mol. The predicted octanol–water partition coefficient (Wildman–Crippen LogP) is 3.43. The Morgan fingerprint density at radius 1 is 1.23 bits per heavy atom. The van der Waals surface area contributed by atoms with Crippen LogP contribution in [0.25, 0.3) is 10.9 Å². The molecule has 0 saturated heterocycles. The topological polar surface area (TPSA) is 113 Å². The Kier molecular flexibility index (Phi) is 8.75. The zero-order valence-electron chi connectivity index (χ0n) is 18.0. The van der Waals surface area contributed by atoms with E-state index in [1.54, 1.807) is 25.5 Å². The molecule has 0 aliphatic carbocycles. The number of fused-ring (bicyclic) bond motifs is 1. The van der Waals surface area contributed by atoms with Crippen LogP contribution in [0.4, 0.5) is 5.69 Å². The van der Waals surface area contributed by atoms with Crippen molar-refractivity contribution in [2.24, 2.45) is 0 Å². The van der Waals surface area contributed by atoms with Crippen LogP contribution in [-0.4, -0.2) is 45.9 Å². The van der Waals surface area contributed by atoms with Crippen molar-refractivity contribution >= 4 is 34.8 Å². The van der Waals surface area contributed by atoms with Crippen LogP contribution in [0.2, 0.25) is 0 Å². The van der Waals surface area contributed by atoms with Crippen LogP contribution in [0.15, 0.2) is 48.9 Å². The zero-order chi connectivity index (χ0) is 22.8. The molecule has 0 aliphatic rings. The Balaban J connectivity index is 0.00000107. The summed E-state index contributed by atoms with van der Waals surface area (Å²) in [5.41, 5.74) is 3.63. The maximum atomic E-state index is 12.8. The van der Waals surface area contributed by atoms with Crippen molar-refractivity contribution in [1.29, 1.82) is 0 Å². The highest BCUT2D eigenvalue weighted by molar-refractivity contribution is 6.07. The number of carbonyl (C=O) groups excluding carboxylic acids is 2.